The number of rotatable bonds is 3. The lowest BCUT2D eigenvalue weighted by atomic mass is 10.1. The van der Waals surface area contributed by atoms with E-state index in [9.17, 15) is 4.39 Å². The van der Waals surface area contributed by atoms with Gasteiger partial charge in [-0.25, -0.2) is 14.4 Å². The maximum Gasteiger partial charge on any atom is 0.165 e. The van der Waals surface area contributed by atoms with Crippen LogP contribution in [0.25, 0.3) is 33.2 Å². The van der Waals surface area contributed by atoms with Crippen molar-refractivity contribution in [3.63, 3.8) is 0 Å². The van der Waals surface area contributed by atoms with Gasteiger partial charge in [0.25, 0.3) is 0 Å². The standard InChI is InChI=1S/C21H12Cl2FN5/c22-14-5-3-6-15(23)18(14)21-25-16-7-2-1-4-12(16)19(27-21)26-20-13-10-11(24)8-9-17(13)28-29-20/h1-10H,(H2,25,26,27,28,29). The molecule has 5 rings (SSSR count). The SMILES string of the molecule is Fc1ccc2[nH]nc(Nc3nc(-c4c(Cl)cccc4Cl)nc4ccccc34)c2c1. The third kappa shape index (κ3) is 3.16. The van der Waals surface area contributed by atoms with Crippen LogP contribution in [0.2, 0.25) is 10.0 Å². The van der Waals surface area contributed by atoms with E-state index < -0.39 is 0 Å². The van der Waals surface area contributed by atoms with Crippen LogP contribution in [0.15, 0.2) is 60.7 Å². The molecule has 8 heteroatoms. The molecule has 0 aliphatic carbocycles. The number of halogens is 3. The van der Waals surface area contributed by atoms with Gasteiger partial charge >= 0.3 is 0 Å². The molecule has 0 saturated carbocycles. The Labute approximate surface area is 174 Å². The molecule has 0 unspecified atom stereocenters. The van der Waals surface area contributed by atoms with Gasteiger partial charge in [-0.1, -0.05) is 41.4 Å². The van der Waals surface area contributed by atoms with E-state index in [-0.39, 0.29) is 5.82 Å². The molecule has 0 aliphatic rings. The van der Waals surface area contributed by atoms with Crippen molar-refractivity contribution in [2.75, 3.05) is 5.32 Å². The molecule has 0 saturated heterocycles. The fraction of sp³-hybridized carbons (Fsp3) is 0. The van der Waals surface area contributed by atoms with Crippen LogP contribution >= 0.6 is 23.2 Å². The van der Waals surface area contributed by atoms with Crippen molar-refractivity contribution in [2.24, 2.45) is 0 Å². The summed E-state index contributed by atoms with van der Waals surface area (Å²) in [6, 6.07) is 17.2. The van der Waals surface area contributed by atoms with Gasteiger partial charge in [0, 0.05) is 10.8 Å². The Kier molecular flexibility index (Phi) is 4.30. The summed E-state index contributed by atoms with van der Waals surface area (Å²) in [5, 5.41) is 12.6. The second kappa shape index (κ2) is 6.99. The molecule has 5 nitrogen and oxygen atoms in total. The predicted molar refractivity (Wildman–Crippen MR) is 114 cm³/mol. The minimum atomic E-state index is -0.349. The number of aromatic amines is 1. The quantitative estimate of drug-likeness (QED) is 0.354. The normalized spacial score (nSPS) is 11.3. The Hall–Kier alpha value is -3.22. The van der Waals surface area contributed by atoms with E-state index in [1.165, 1.54) is 12.1 Å². The van der Waals surface area contributed by atoms with E-state index in [4.69, 9.17) is 23.2 Å². The van der Waals surface area contributed by atoms with Gasteiger partial charge in [-0.2, -0.15) is 5.10 Å². The van der Waals surface area contributed by atoms with Crippen LogP contribution < -0.4 is 5.32 Å². The van der Waals surface area contributed by atoms with Crippen LogP contribution in [-0.2, 0) is 0 Å². The van der Waals surface area contributed by atoms with Crippen molar-refractivity contribution < 1.29 is 4.39 Å². The largest absolute Gasteiger partial charge is 0.322 e. The van der Waals surface area contributed by atoms with E-state index in [0.29, 0.717) is 49.5 Å². The molecule has 2 heterocycles. The molecule has 0 atom stereocenters. The number of H-pyrrole nitrogens is 1. The number of hydrogen-bond donors (Lipinski definition) is 2. The summed E-state index contributed by atoms with van der Waals surface area (Å²) in [4.78, 5) is 9.28. The Morgan fingerprint density at radius 1 is 0.828 bits per heavy atom. The molecular formula is C21H12Cl2FN5. The monoisotopic (exact) mass is 423 g/mol. The summed E-state index contributed by atoms with van der Waals surface area (Å²) in [7, 11) is 0. The van der Waals surface area contributed by atoms with E-state index in [2.05, 4.69) is 25.5 Å². The first-order chi connectivity index (χ1) is 14.1. The fourth-order valence-corrected chi connectivity index (χ4v) is 3.76. The van der Waals surface area contributed by atoms with E-state index >= 15 is 0 Å². The van der Waals surface area contributed by atoms with Gasteiger partial charge in [-0.3, -0.25) is 5.10 Å². The average Bonchev–Trinajstić information content (AvgIpc) is 3.10. The van der Waals surface area contributed by atoms with Crippen molar-refractivity contribution in [3.05, 3.63) is 76.5 Å². The summed E-state index contributed by atoms with van der Waals surface area (Å²) in [5.41, 5.74) is 1.96. The highest BCUT2D eigenvalue weighted by Crippen LogP contribution is 2.35. The van der Waals surface area contributed by atoms with Gasteiger partial charge in [0.05, 0.1) is 26.6 Å². The third-order valence-electron chi connectivity index (χ3n) is 4.55. The topological polar surface area (TPSA) is 66.5 Å². The summed E-state index contributed by atoms with van der Waals surface area (Å²) >= 11 is 12.7. The summed E-state index contributed by atoms with van der Waals surface area (Å²) in [6.45, 7) is 0. The summed E-state index contributed by atoms with van der Waals surface area (Å²) in [5.74, 6) is 1.00. The van der Waals surface area contributed by atoms with Crippen molar-refractivity contribution in [1.29, 1.82) is 0 Å². The first-order valence-electron chi connectivity index (χ1n) is 8.72. The number of fused-ring (bicyclic) bond motifs is 2. The zero-order valence-corrected chi connectivity index (χ0v) is 16.3. The Morgan fingerprint density at radius 3 is 2.45 bits per heavy atom. The predicted octanol–water partition coefficient (Wildman–Crippen LogP) is 6.36. The molecule has 0 bridgehead atoms. The van der Waals surface area contributed by atoms with E-state index in [0.717, 1.165) is 5.39 Å². The minimum Gasteiger partial charge on any atom is -0.322 e. The number of anilines is 2. The molecule has 3 aromatic carbocycles. The Morgan fingerprint density at radius 2 is 1.62 bits per heavy atom. The van der Waals surface area contributed by atoms with Crippen LogP contribution in [0.1, 0.15) is 0 Å². The summed E-state index contributed by atoms with van der Waals surface area (Å²) in [6.07, 6.45) is 0. The van der Waals surface area contributed by atoms with Gasteiger partial charge in [0.1, 0.15) is 11.6 Å². The van der Waals surface area contributed by atoms with Gasteiger partial charge in [-0.15, -0.1) is 0 Å². The molecule has 0 fully saturated rings. The molecule has 2 N–H and O–H groups in total. The van der Waals surface area contributed by atoms with Crippen LogP contribution in [0.4, 0.5) is 16.0 Å². The first-order valence-corrected chi connectivity index (χ1v) is 9.47. The maximum atomic E-state index is 13.7. The first kappa shape index (κ1) is 17.8. The van der Waals surface area contributed by atoms with Crippen molar-refractivity contribution in [1.82, 2.24) is 20.2 Å². The van der Waals surface area contributed by atoms with Crippen LogP contribution in [0.3, 0.4) is 0 Å². The number of para-hydroxylation sites is 1. The lowest BCUT2D eigenvalue weighted by Gasteiger charge is -2.11. The van der Waals surface area contributed by atoms with E-state index in [1.54, 1.807) is 24.3 Å². The lowest BCUT2D eigenvalue weighted by molar-refractivity contribution is 0.630. The van der Waals surface area contributed by atoms with Crippen molar-refractivity contribution in [3.8, 4) is 11.4 Å². The average molecular weight is 424 g/mol. The van der Waals surface area contributed by atoms with Gasteiger partial charge in [-0.05, 0) is 42.5 Å². The molecule has 142 valence electrons. The molecule has 0 radical (unpaired) electrons. The second-order valence-corrected chi connectivity index (χ2v) is 7.21. The fourth-order valence-electron chi connectivity index (χ4n) is 3.19. The molecule has 29 heavy (non-hydrogen) atoms. The zero-order chi connectivity index (χ0) is 20.0. The lowest BCUT2D eigenvalue weighted by Crippen LogP contribution is -2.00. The number of nitrogens with zero attached hydrogens (tertiary/aromatic N) is 3. The molecule has 0 amide bonds. The molecule has 0 aliphatic heterocycles. The number of aromatic nitrogens is 4. The minimum absolute atomic E-state index is 0.349. The highest BCUT2D eigenvalue weighted by molar-refractivity contribution is 6.39. The molecule has 5 aromatic rings. The smallest absolute Gasteiger partial charge is 0.165 e. The van der Waals surface area contributed by atoms with Crippen molar-refractivity contribution in [2.45, 2.75) is 0 Å². The maximum absolute atomic E-state index is 13.7. The zero-order valence-electron chi connectivity index (χ0n) is 14.7. The molecular weight excluding hydrogens is 412 g/mol. The van der Waals surface area contributed by atoms with Crippen LogP contribution in [0, 0.1) is 5.82 Å². The van der Waals surface area contributed by atoms with Gasteiger partial charge in [0.2, 0.25) is 0 Å². The Bertz CT molecular complexity index is 1360. The third-order valence-corrected chi connectivity index (χ3v) is 5.18. The van der Waals surface area contributed by atoms with Gasteiger partial charge in [0.15, 0.2) is 11.6 Å². The molecule has 2 aromatic heterocycles. The second-order valence-electron chi connectivity index (χ2n) is 6.40. The number of hydrogen-bond acceptors (Lipinski definition) is 4. The van der Waals surface area contributed by atoms with E-state index in [1.807, 2.05) is 24.3 Å². The summed E-state index contributed by atoms with van der Waals surface area (Å²) < 4.78 is 13.7. The van der Waals surface area contributed by atoms with Crippen LogP contribution in [-0.4, -0.2) is 20.2 Å². The van der Waals surface area contributed by atoms with Crippen molar-refractivity contribution >= 4 is 56.6 Å². The van der Waals surface area contributed by atoms with Crippen LogP contribution in [0.5, 0.6) is 0 Å². The highest BCUT2D eigenvalue weighted by atomic mass is 35.5. The highest BCUT2D eigenvalue weighted by Gasteiger charge is 2.16. The Balaban J connectivity index is 1.71. The number of benzene rings is 3. The molecule has 0 spiro atoms. The van der Waals surface area contributed by atoms with Gasteiger partial charge < -0.3 is 5.32 Å². The number of nitrogens with one attached hydrogen (secondary N) is 2.